The zero-order valence-electron chi connectivity index (χ0n) is 42.0. The Kier molecular flexibility index (Phi) is 9.77. The van der Waals surface area contributed by atoms with E-state index in [1.54, 1.807) is 0 Å². The van der Waals surface area contributed by atoms with Crippen LogP contribution in [0, 0.1) is 18.1 Å². The van der Waals surface area contributed by atoms with Crippen molar-refractivity contribution in [3.05, 3.63) is 187 Å². The molecule has 0 bridgehead atoms. The number of halogens is 1. The maximum Gasteiger partial charge on any atom is 0.214 e. The number of aromatic nitrogens is 4. The Morgan fingerprint density at radius 3 is 2.10 bits per heavy atom. The van der Waals surface area contributed by atoms with Gasteiger partial charge in [-0.1, -0.05) is 136 Å². The maximum atomic E-state index is 14.2. The van der Waals surface area contributed by atoms with Crippen molar-refractivity contribution < 1.29 is 34.1 Å². The van der Waals surface area contributed by atoms with Crippen LogP contribution in [0.25, 0.3) is 81.9 Å². The van der Waals surface area contributed by atoms with Crippen LogP contribution in [0.2, 0.25) is 19.6 Å². The summed E-state index contributed by atoms with van der Waals surface area (Å²) < 4.78 is 72.7. The molecule has 4 aromatic heterocycles. The van der Waals surface area contributed by atoms with Crippen molar-refractivity contribution in [2.75, 3.05) is 0 Å². The van der Waals surface area contributed by atoms with Gasteiger partial charge in [-0.05, 0) is 76.8 Å². The SMILES string of the molecule is CC(C)(C)c1cc(-c2ccccc2)c(-n2c(-c3[c-]ccc4c3sc3nc(F)ccc34)nc3ccccc32)c(-c2ccccc2)c1.[2H]c1[c-]c(-c2nc([2H])c([Si](C)(C)C)c([2H])c2[2H])c([2H])c([2H])c1[2H].[Ir]. The first-order valence-corrected chi connectivity index (χ1v) is 24.3. The third-order valence-electron chi connectivity index (χ3n) is 10.5. The molecule has 0 saturated heterocycles. The van der Waals surface area contributed by atoms with Gasteiger partial charge in [0, 0.05) is 45.5 Å². The Morgan fingerprint density at radius 2 is 1.42 bits per heavy atom. The molecule has 0 spiro atoms. The average Bonchev–Trinajstić information content (AvgIpc) is 3.88. The first-order valence-electron chi connectivity index (χ1n) is 23.5. The van der Waals surface area contributed by atoms with Gasteiger partial charge in [-0.25, -0.2) is 4.98 Å². The molecule has 62 heavy (non-hydrogen) atoms. The number of pyridine rings is 2. The molecular weight excluding hydrogens is 976 g/mol. The van der Waals surface area contributed by atoms with Gasteiger partial charge in [0.15, 0.2) is 0 Å². The predicted molar refractivity (Wildman–Crippen MR) is 257 cm³/mol. The fourth-order valence-electron chi connectivity index (χ4n) is 7.30. The normalized spacial score (nSPS) is 13.2. The molecule has 0 unspecified atom stereocenters. The maximum absolute atomic E-state index is 14.2. The molecule has 10 aromatic rings. The zero-order valence-corrected chi connectivity index (χ0v) is 39.2. The van der Waals surface area contributed by atoms with E-state index in [2.05, 4.69) is 138 Å². The predicted octanol–water partition coefficient (Wildman–Crippen LogP) is 14.1. The quantitative estimate of drug-likeness (QED) is 0.0947. The van der Waals surface area contributed by atoms with Gasteiger partial charge in [0.2, 0.25) is 5.95 Å². The topological polar surface area (TPSA) is 43.6 Å². The molecule has 0 N–H and O–H groups in total. The smallest absolute Gasteiger partial charge is 0.214 e. The summed E-state index contributed by atoms with van der Waals surface area (Å²) in [4.78, 5) is 14.2. The Labute approximate surface area is 391 Å². The number of imidazole rings is 1. The van der Waals surface area contributed by atoms with E-state index < -0.39 is 26.1 Å². The summed E-state index contributed by atoms with van der Waals surface area (Å²) in [7, 11) is -2.04. The summed E-state index contributed by atoms with van der Waals surface area (Å²) in [6.45, 7) is 12.7. The number of thiophene rings is 1. The molecule has 10 rings (SSSR count). The molecule has 4 nitrogen and oxygen atoms in total. The molecule has 0 atom stereocenters. The van der Waals surface area contributed by atoms with Crippen molar-refractivity contribution in [3.8, 4) is 50.6 Å². The second-order valence-corrected chi connectivity index (χ2v) is 22.8. The number of hydrogen-bond donors (Lipinski definition) is 0. The minimum absolute atomic E-state index is 0. The molecule has 0 aliphatic heterocycles. The third kappa shape index (κ3) is 8.48. The number of nitrogens with zero attached hydrogens (tertiary/aromatic N) is 4. The number of rotatable bonds is 6. The molecule has 6 aromatic carbocycles. The van der Waals surface area contributed by atoms with Crippen molar-refractivity contribution in [3.63, 3.8) is 0 Å². The van der Waals surface area contributed by atoms with Crippen LogP contribution in [0.4, 0.5) is 4.39 Å². The molecule has 0 aliphatic rings. The van der Waals surface area contributed by atoms with E-state index in [1.165, 1.54) is 23.0 Å². The standard InChI is InChI=1S/C40H29FN3S.C14H16NSi.Ir/c1-40(2,3)27-23-31(25-13-6-4-7-14-25)36(32(24-27)26-15-8-5-9-16-26)44-34-20-11-10-19-33(34)42-38(44)30-18-12-17-28-29-21-22-35(41)43-39(29)45-37(28)30;1-16(2,3)13-9-10-14(15-11-13)12-7-5-4-6-8-12;/h4-17,19-24H,1-3H3;4-7,9-11H,1-3H3;/q2*-1;/i;4D,5D,6D,7D,9D,10D,11D;. The summed E-state index contributed by atoms with van der Waals surface area (Å²) in [6, 6.07) is 45.5. The zero-order chi connectivity index (χ0) is 48.4. The van der Waals surface area contributed by atoms with Crippen LogP contribution < -0.4 is 5.19 Å². The molecule has 1 radical (unpaired) electrons. The summed E-state index contributed by atoms with van der Waals surface area (Å²) in [5.74, 6) is 0.303. The Hall–Kier alpha value is -5.89. The van der Waals surface area contributed by atoms with Crippen molar-refractivity contribution in [2.24, 2.45) is 0 Å². The van der Waals surface area contributed by atoms with Crippen molar-refractivity contribution in [2.45, 2.75) is 45.8 Å². The van der Waals surface area contributed by atoms with Crippen LogP contribution in [0.15, 0.2) is 164 Å². The van der Waals surface area contributed by atoms with Crippen molar-refractivity contribution in [1.29, 1.82) is 0 Å². The molecule has 0 aliphatic carbocycles. The average molecular weight is 1030 g/mol. The van der Waals surface area contributed by atoms with Crippen LogP contribution in [0.1, 0.15) is 35.9 Å². The minimum Gasteiger partial charge on any atom is -0.332 e. The van der Waals surface area contributed by atoms with Gasteiger partial charge in [-0.2, -0.15) is 15.7 Å². The molecule has 8 heteroatoms. The van der Waals surface area contributed by atoms with Gasteiger partial charge in [-0.15, -0.1) is 54.0 Å². The second kappa shape index (κ2) is 17.5. The van der Waals surface area contributed by atoms with E-state index >= 15 is 0 Å². The minimum atomic E-state index is -2.04. The van der Waals surface area contributed by atoms with E-state index in [4.69, 9.17) is 14.6 Å². The fraction of sp³-hybridized carbons (Fsp3) is 0.130. The number of hydrogen-bond acceptors (Lipinski definition) is 4. The summed E-state index contributed by atoms with van der Waals surface area (Å²) in [6.07, 6.45) is -0.110. The number of benzene rings is 6. The van der Waals surface area contributed by atoms with Gasteiger partial charge in [0.25, 0.3) is 0 Å². The van der Waals surface area contributed by atoms with Gasteiger partial charge in [0.1, 0.15) is 4.83 Å². The summed E-state index contributed by atoms with van der Waals surface area (Å²) in [5.41, 5.74) is 9.31. The van der Waals surface area contributed by atoms with Crippen molar-refractivity contribution in [1.82, 2.24) is 19.5 Å². The Bertz CT molecular complexity index is 3530. The van der Waals surface area contributed by atoms with Crippen molar-refractivity contribution >= 4 is 55.9 Å². The Morgan fingerprint density at radius 1 is 0.742 bits per heavy atom. The van der Waals surface area contributed by atoms with Crippen LogP contribution in [0.3, 0.4) is 0 Å². The first kappa shape index (κ1) is 34.7. The number of para-hydroxylation sites is 2. The van der Waals surface area contributed by atoms with Gasteiger partial charge >= 0.3 is 0 Å². The van der Waals surface area contributed by atoms with E-state index in [0.29, 0.717) is 10.0 Å². The first-order chi connectivity index (χ1) is 32.3. The summed E-state index contributed by atoms with van der Waals surface area (Å²) in [5, 5.41) is 2.41. The van der Waals surface area contributed by atoms with E-state index in [-0.39, 0.29) is 67.1 Å². The molecule has 4 heterocycles. The van der Waals surface area contributed by atoms with Gasteiger partial charge in [-0.3, -0.25) is 4.98 Å². The summed E-state index contributed by atoms with van der Waals surface area (Å²) >= 11 is 1.48. The molecular formula is C54H45FIrN4SSi-2. The van der Waals surface area contributed by atoms with Crippen LogP contribution in [-0.2, 0) is 25.5 Å². The van der Waals surface area contributed by atoms with E-state index in [9.17, 15) is 4.39 Å². The van der Waals surface area contributed by atoms with E-state index in [0.717, 1.165) is 65.8 Å². The molecule has 0 saturated carbocycles. The van der Waals surface area contributed by atoms with Gasteiger partial charge < -0.3 is 9.55 Å². The van der Waals surface area contributed by atoms with Crippen LogP contribution in [0.5, 0.6) is 0 Å². The molecule has 309 valence electrons. The van der Waals surface area contributed by atoms with Crippen LogP contribution >= 0.6 is 11.3 Å². The molecule has 0 fully saturated rings. The third-order valence-corrected chi connectivity index (χ3v) is 13.4. The second-order valence-electron chi connectivity index (χ2n) is 16.8. The molecule has 0 amide bonds. The van der Waals surface area contributed by atoms with Gasteiger partial charge in [0.05, 0.1) is 34.7 Å². The fourth-order valence-corrected chi connectivity index (χ4v) is 9.28. The monoisotopic (exact) mass is 1030 g/mol. The largest absolute Gasteiger partial charge is 0.332 e. The van der Waals surface area contributed by atoms with E-state index in [1.807, 2.05) is 43.9 Å². The van der Waals surface area contributed by atoms with Crippen LogP contribution in [-0.4, -0.2) is 27.6 Å². The Balaban J connectivity index is 0.000000227. The number of fused-ring (bicyclic) bond motifs is 4.